The third-order valence-corrected chi connectivity index (χ3v) is 4.65. The molecule has 4 aromatic rings. The number of benzene rings is 2. The van der Waals surface area contributed by atoms with Gasteiger partial charge in [0, 0.05) is 7.05 Å². The van der Waals surface area contributed by atoms with Gasteiger partial charge in [-0.05, 0) is 43.3 Å². The molecule has 0 radical (unpaired) electrons. The molecule has 1 amide bonds. The van der Waals surface area contributed by atoms with Crippen molar-refractivity contribution < 1.29 is 18.8 Å². The summed E-state index contributed by atoms with van der Waals surface area (Å²) in [6.07, 6.45) is 0. The molecule has 0 aliphatic rings. The molecular weight excluding hydrogens is 372 g/mol. The number of fused-ring (bicyclic) bond motifs is 1. The molecule has 29 heavy (non-hydrogen) atoms. The SMILES string of the molecule is COc1ccc(OCc2c(C(=O)Nc3nc4ccccc4n3C)noc2C)cc1. The van der Waals surface area contributed by atoms with Crippen LogP contribution in [0, 0.1) is 6.92 Å². The van der Waals surface area contributed by atoms with Gasteiger partial charge < -0.3 is 18.6 Å². The molecule has 8 heteroatoms. The third kappa shape index (κ3) is 3.64. The van der Waals surface area contributed by atoms with Crippen LogP contribution >= 0.6 is 0 Å². The van der Waals surface area contributed by atoms with E-state index in [-0.39, 0.29) is 12.3 Å². The lowest BCUT2D eigenvalue weighted by Crippen LogP contribution is -2.17. The molecule has 0 atom stereocenters. The molecule has 0 spiro atoms. The summed E-state index contributed by atoms with van der Waals surface area (Å²) in [7, 11) is 3.44. The lowest BCUT2D eigenvalue weighted by atomic mass is 10.2. The maximum Gasteiger partial charge on any atom is 0.280 e. The predicted molar refractivity (Wildman–Crippen MR) is 107 cm³/mol. The number of para-hydroxylation sites is 2. The first-order valence-corrected chi connectivity index (χ1v) is 9.01. The molecule has 0 fully saturated rings. The van der Waals surface area contributed by atoms with Crippen molar-refractivity contribution in [2.75, 3.05) is 12.4 Å². The number of nitrogens with one attached hydrogen (secondary N) is 1. The van der Waals surface area contributed by atoms with E-state index in [2.05, 4.69) is 15.5 Å². The van der Waals surface area contributed by atoms with Crippen molar-refractivity contribution >= 4 is 22.9 Å². The second-order valence-corrected chi connectivity index (χ2v) is 6.47. The zero-order chi connectivity index (χ0) is 20.4. The molecular formula is C21H20N4O4. The molecule has 0 aliphatic heterocycles. The molecule has 4 rings (SSSR count). The number of imidazole rings is 1. The Bertz CT molecular complexity index is 1160. The summed E-state index contributed by atoms with van der Waals surface area (Å²) in [5.41, 5.74) is 2.46. The van der Waals surface area contributed by atoms with Crippen LogP contribution in [-0.4, -0.2) is 27.7 Å². The summed E-state index contributed by atoms with van der Waals surface area (Å²) in [5.74, 6) is 1.93. The maximum atomic E-state index is 12.8. The van der Waals surface area contributed by atoms with Gasteiger partial charge in [-0.3, -0.25) is 10.1 Å². The third-order valence-electron chi connectivity index (χ3n) is 4.65. The van der Waals surface area contributed by atoms with Crippen molar-refractivity contribution in [2.45, 2.75) is 13.5 Å². The first-order valence-electron chi connectivity index (χ1n) is 9.01. The molecule has 0 saturated heterocycles. The Morgan fingerprint density at radius 2 is 1.86 bits per heavy atom. The number of aryl methyl sites for hydroxylation is 2. The first-order chi connectivity index (χ1) is 14.1. The highest BCUT2D eigenvalue weighted by molar-refractivity contribution is 6.03. The zero-order valence-electron chi connectivity index (χ0n) is 16.3. The summed E-state index contributed by atoms with van der Waals surface area (Å²) < 4.78 is 18.0. The van der Waals surface area contributed by atoms with Crippen molar-refractivity contribution in [2.24, 2.45) is 7.05 Å². The lowest BCUT2D eigenvalue weighted by molar-refractivity contribution is 0.101. The number of carbonyl (C=O) groups is 1. The number of aromatic nitrogens is 3. The van der Waals surface area contributed by atoms with Crippen molar-refractivity contribution in [1.82, 2.24) is 14.7 Å². The Labute approximate surface area is 167 Å². The van der Waals surface area contributed by atoms with E-state index < -0.39 is 5.91 Å². The first kappa shape index (κ1) is 18.5. The largest absolute Gasteiger partial charge is 0.497 e. The average Bonchev–Trinajstić information content (AvgIpc) is 3.27. The Kier molecular flexibility index (Phi) is 4.90. The summed E-state index contributed by atoms with van der Waals surface area (Å²) in [4.78, 5) is 17.3. The molecule has 0 aliphatic carbocycles. The van der Waals surface area contributed by atoms with E-state index in [0.29, 0.717) is 23.0 Å². The van der Waals surface area contributed by atoms with E-state index in [4.69, 9.17) is 14.0 Å². The highest BCUT2D eigenvalue weighted by atomic mass is 16.5. The fourth-order valence-electron chi connectivity index (χ4n) is 2.99. The molecule has 8 nitrogen and oxygen atoms in total. The number of carbonyl (C=O) groups excluding carboxylic acids is 1. The lowest BCUT2D eigenvalue weighted by Gasteiger charge is -2.08. The van der Waals surface area contributed by atoms with E-state index in [1.807, 2.05) is 35.9 Å². The van der Waals surface area contributed by atoms with E-state index in [9.17, 15) is 4.79 Å². The van der Waals surface area contributed by atoms with E-state index in [1.165, 1.54) is 0 Å². The van der Waals surface area contributed by atoms with Gasteiger partial charge in [-0.1, -0.05) is 17.3 Å². The van der Waals surface area contributed by atoms with Crippen LogP contribution in [0.25, 0.3) is 11.0 Å². The number of nitrogens with zero attached hydrogens (tertiary/aromatic N) is 3. The molecule has 148 valence electrons. The second kappa shape index (κ2) is 7.67. The molecule has 0 unspecified atom stereocenters. The molecule has 0 saturated carbocycles. The highest BCUT2D eigenvalue weighted by Crippen LogP contribution is 2.22. The van der Waals surface area contributed by atoms with Crippen LogP contribution in [-0.2, 0) is 13.7 Å². The van der Waals surface area contributed by atoms with Crippen LogP contribution in [0.4, 0.5) is 5.95 Å². The molecule has 0 bridgehead atoms. The van der Waals surface area contributed by atoms with Crippen molar-refractivity contribution in [3.05, 3.63) is 65.5 Å². The smallest absolute Gasteiger partial charge is 0.280 e. The summed E-state index contributed by atoms with van der Waals surface area (Å²) >= 11 is 0. The fraction of sp³-hybridized carbons (Fsp3) is 0.190. The fourth-order valence-corrected chi connectivity index (χ4v) is 2.99. The van der Waals surface area contributed by atoms with Crippen molar-refractivity contribution in [1.29, 1.82) is 0 Å². The van der Waals surface area contributed by atoms with Crippen LogP contribution in [0.1, 0.15) is 21.8 Å². The van der Waals surface area contributed by atoms with Gasteiger partial charge in [0.15, 0.2) is 5.69 Å². The number of hydrogen-bond donors (Lipinski definition) is 1. The van der Waals surface area contributed by atoms with Crippen molar-refractivity contribution in [3.63, 3.8) is 0 Å². The van der Waals surface area contributed by atoms with Gasteiger partial charge >= 0.3 is 0 Å². The van der Waals surface area contributed by atoms with Gasteiger partial charge in [-0.15, -0.1) is 0 Å². The number of methoxy groups -OCH3 is 1. The zero-order valence-corrected chi connectivity index (χ0v) is 16.3. The van der Waals surface area contributed by atoms with Gasteiger partial charge in [0.05, 0.1) is 23.7 Å². The maximum absolute atomic E-state index is 12.8. The van der Waals surface area contributed by atoms with Crippen LogP contribution in [0.2, 0.25) is 0 Å². The molecule has 2 aromatic carbocycles. The van der Waals surface area contributed by atoms with Gasteiger partial charge in [0.25, 0.3) is 5.91 Å². The number of rotatable bonds is 6. The van der Waals surface area contributed by atoms with Gasteiger partial charge in [0.2, 0.25) is 5.95 Å². The standard InChI is InChI=1S/C21H20N4O4/c1-13-16(12-28-15-10-8-14(27-3)9-11-15)19(24-29-13)20(26)23-21-22-17-6-4-5-7-18(17)25(21)2/h4-11H,12H2,1-3H3,(H,22,23,26). The van der Waals surface area contributed by atoms with Crippen LogP contribution in [0.3, 0.4) is 0 Å². The number of hydrogen-bond acceptors (Lipinski definition) is 6. The van der Waals surface area contributed by atoms with E-state index in [1.54, 1.807) is 38.3 Å². The van der Waals surface area contributed by atoms with E-state index >= 15 is 0 Å². The summed E-state index contributed by atoms with van der Waals surface area (Å²) in [5, 5.41) is 6.71. The van der Waals surface area contributed by atoms with Gasteiger partial charge in [-0.2, -0.15) is 0 Å². The van der Waals surface area contributed by atoms with Gasteiger partial charge in [-0.25, -0.2) is 4.98 Å². The summed E-state index contributed by atoms with van der Waals surface area (Å²) in [6, 6.07) is 14.8. The quantitative estimate of drug-likeness (QED) is 0.538. The molecule has 2 aromatic heterocycles. The number of amides is 1. The minimum absolute atomic E-state index is 0.146. The van der Waals surface area contributed by atoms with Crippen molar-refractivity contribution in [3.8, 4) is 11.5 Å². The van der Waals surface area contributed by atoms with Gasteiger partial charge in [0.1, 0.15) is 23.9 Å². The Balaban J connectivity index is 1.52. The number of ether oxygens (including phenoxy) is 2. The normalized spacial score (nSPS) is 10.9. The second-order valence-electron chi connectivity index (χ2n) is 6.47. The predicted octanol–water partition coefficient (Wildman–Crippen LogP) is 3.71. The summed E-state index contributed by atoms with van der Waals surface area (Å²) in [6.45, 7) is 1.89. The topological polar surface area (TPSA) is 91.4 Å². The van der Waals surface area contributed by atoms with Crippen LogP contribution in [0.5, 0.6) is 11.5 Å². The minimum atomic E-state index is -0.409. The van der Waals surface area contributed by atoms with E-state index in [0.717, 1.165) is 16.8 Å². The number of anilines is 1. The molecule has 2 heterocycles. The monoisotopic (exact) mass is 392 g/mol. The molecule has 1 N–H and O–H groups in total. The van der Waals surface area contributed by atoms with Crippen LogP contribution < -0.4 is 14.8 Å². The Morgan fingerprint density at radius 1 is 1.14 bits per heavy atom. The Hall–Kier alpha value is -3.81. The Morgan fingerprint density at radius 3 is 2.59 bits per heavy atom. The van der Waals surface area contributed by atoms with Crippen LogP contribution in [0.15, 0.2) is 53.1 Å². The highest BCUT2D eigenvalue weighted by Gasteiger charge is 2.22. The minimum Gasteiger partial charge on any atom is -0.497 e. The average molecular weight is 392 g/mol.